The van der Waals surface area contributed by atoms with Gasteiger partial charge in [0, 0.05) is 11.8 Å². The third kappa shape index (κ3) is 3.27. The highest BCUT2D eigenvalue weighted by Gasteiger charge is 2.28. The number of phenolic OH excluding ortho intramolecular Hbond substituents is 2. The minimum Gasteiger partial charge on any atom is -0.504 e. The number of rotatable bonds is 4. The Labute approximate surface area is 100 Å². The summed E-state index contributed by atoms with van der Waals surface area (Å²) in [5.74, 6) is -0.827. The SMILES string of the molecule is CCOC(=O)C(C)(C)Nc1ccc(O)c(O)c1. The number of carbonyl (C=O) groups excluding carboxylic acids is 1. The summed E-state index contributed by atoms with van der Waals surface area (Å²) in [6.07, 6.45) is 0. The van der Waals surface area contributed by atoms with E-state index in [1.165, 1.54) is 12.1 Å². The number of hydrogen-bond donors (Lipinski definition) is 3. The minimum absolute atomic E-state index is 0.204. The number of hydrogen-bond acceptors (Lipinski definition) is 5. The van der Waals surface area contributed by atoms with E-state index >= 15 is 0 Å². The van der Waals surface area contributed by atoms with Gasteiger partial charge in [-0.1, -0.05) is 0 Å². The molecule has 0 unspecified atom stereocenters. The second kappa shape index (κ2) is 4.95. The summed E-state index contributed by atoms with van der Waals surface area (Å²) in [7, 11) is 0. The number of benzene rings is 1. The summed E-state index contributed by atoms with van der Waals surface area (Å²) >= 11 is 0. The Bertz CT molecular complexity index is 415. The molecule has 0 saturated carbocycles. The van der Waals surface area contributed by atoms with Crippen LogP contribution in [-0.2, 0) is 9.53 Å². The molecule has 94 valence electrons. The molecule has 0 radical (unpaired) electrons. The van der Waals surface area contributed by atoms with E-state index in [0.717, 1.165) is 0 Å². The second-order valence-corrected chi connectivity index (χ2v) is 4.17. The lowest BCUT2D eigenvalue weighted by molar-refractivity contribution is -0.147. The summed E-state index contributed by atoms with van der Waals surface area (Å²) in [5, 5.41) is 21.4. The van der Waals surface area contributed by atoms with Crippen molar-refractivity contribution in [2.75, 3.05) is 11.9 Å². The number of carbonyl (C=O) groups is 1. The van der Waals surface area contributed by atoms with Crippen molar-refractivity contribution in [3.63, 3.8) is 0 Å². The second-order valence-electron chi connectivity index (χ2n) is 4.17. The predicted octanol–water partition coefficient (Wildman–Crippen LogP) is 1.85. The molecule has 0 spiro atoms. The average molecular weight is 239 g/mol. The van der Waals surface area contributed by atoms with Gasteiger partial charge in [-0.25, -0.2) is 4.79 Å². The standard InChI is InChI=1S/C12H17NO4/c1-4-17-11(16)12(2,3)13-8-5-6-9(14)10(15)7-8/h5-7,13-15H,4H2,1-3H3. The third-order valence-corrected chi connectivity index (χ3v) is 2.22. The predicted molar refractivity (Wildman–Crippen MR) is 64.1 cm³/mol. The van der Waals surface area contributed by atoms with Crippen LogP contribution in [0.3, 0.4) is 0 Å². The van der Waals surface area contributed by atoms with Crippen molar-refractivity contribution >= 4 is 11.7 Å². The van der Waals surface area contributed by atoms with Crippen LogP contribution in [0, 0.1) is 0 Å². The van der Waals surface area contributed by atoms with E-state index in [1.807, 2.05) is 0 Å². The minimum atomic E-state index is -0.903. The Balaban J connectivity index is 2.82. The summed E-state index contributed by atoms with van der Waals surface area (Å²) in [5.41, 5.74) is -0.377. The molecule has 1 aromatic carbocycles. The smallest absolute Gasteiger partial charge is 0.331 e. The molecule has 0 bridgehead atoms. The summed E-state index contributed by atoms with van der Waals surface area (Å²) in [6.45, 7) is 5.40. The fraction of sp³-hybridized carbons (Fsp3) is 0.417. The molecule has 0 heterocycles. The lowest BCUT2D eigenvalue weighted by atomic mass is 10.1. The van der Waals surface area contributed by atoms with Crippen LogP contribution in [0.1, 0.15) is 20.8 Å². The van der Waals surface area contributed by atoms with Crippen LogP contribution >= 0.6 is 0 Å². The first kappa shape index (κ1) is 13.2. The summed E-state index contributed by atoms with van der Waals surface area (Å²) in [6, 6.07) is 4.26. The van der Waals surface area contributed by atoms with Crippen molar-refractivity contribution in [2.45, 2.75) is 26.3 Å². The highest BCUT2D eigenvalue weighted by molar-refractivity contribution is 5.83. The molecule has 0 aliphatic rings. The van der Waals surface area contributed by atoms with Gasteiger partial charge in [0.2, 0.25) is 0 Å². The third-order valence-electron chi connectivity index (χ3n) is 2.22. The fourth-order valence-corrected chi connectivity index (χ4v) is 1.32. The van der Waals surface area contributed by atoms with E-state index in [2.05, 4.69) is 5.32 Å². The molecule has 0 aliphatic carbocycles. The van der Waals surface area contributed by atoms with E-state index in [4.69, 9.17) is 9.84 Å². The first-order chi connectivity index (χ1) is 7.86. The van der Waals surface area contributed by atoms with E-state index in [0.29, 0.717) is 12.3 Å². The zero-order chi connectivity index (χ0) is 13.1. The van der Waals surface area contributed by atoms with Crippen LogP contribution in [0.4, 0.5) is 5.69 Å². The van der Waals surface area contributed by atoms with Crippen molar-refractivity contribution in [3.05, 3.63) is 18.2 Å². The van der Waals surface area contributed by atoms with E-state index in [-0.39, 0.29) is 17.5 Å². The highest BCUT2D eigenvalue weighted by atomic mass is 16.5. The largest absolute Gasteiger partial charge is 0.504 e. The molecule has 0 aromatic heterocycles. The van der Waals surface area contributed by atoms with Gasteiger partial charge in [0.15, 0.2) is 11.5 Å². The van der Waals surface area contributed by atoms with Gasteiger partial charge in [0.05, 0.1) is 6.61 Å². The van der Waals surface area contributed by atoms with Crippen LogP contribution < -0.4 is 5.32 Å². The van der Waals surface area contributed by atoms with Gasteiger partial charge in [0.1, 0.15) is 5.54 Å². The lowest BCUT2D eigenvalue weighted by Gasteiger charge is -2.25. The average Bonchev–Trinajstić information content (AvgIpc) is 2.23. The number of nitrogens with one attached hydrogen (secondary N) is 1. The Morgan fingerprint density at radius 2 is 2.00 bits per heavy atom. The summed E-state index contributed by atoms with van der Waals surface area (Å²) in [4.78, 5) is 11.6. The molecule has 1 rings (SSSR count). The van der Waals surface area contributed by atoms with Crippen molar-refractivity contribution in [1.82, 2.24) is 0 Å². The lowest BCUT2D eigenvalue weighted by Crippen LogP contribution is -2.41. The van der Waals surface area contributed by atoms with Gasteiger partial charge in [-0.15, -0.1) is 0 Å². The van der Waals surface area contributed by atoms with Crippen LogP contribution in [0.25, 0.3) is 0 Å². The highest BCUT2D eigenvalue weighted by Crippen LogP contribution is 2.28. The van der Waals surface area contributed by atoms with Crippen LogP contribution in [0.2, 0.25) is 0 Å². The van der Waals surface area contributed by atoms with E-state index in [1.54, 1.807) is 26.8 Å². The van der Waals surface area contributed by atoms with E-state index in [9.17, 15) is 9.90 Å². The number of esters is 1. The number of aromatic hydroxyl groups is 2. The normalized spacial score (nSPS) is 11.0. The molecular formula is C12H17NO4. The van der Waals surface area contributed by atoms with Crippen LogP contribution in [-0.4, -0.2) is 28.3 Å². The Morgan fingerprint density at radius 3 is 2.53 bits per heavy atom. The zero-order valence-corrected chi connectivity index (χ0v) is 10.2. The van der Waals surface area contributed by atoms with Gasteiger partial charge in [-0.05, 0) is 32.9 Å². The number of anilines is 1. The fourth-order valence-electron chi connectivity index (χ4n) is 1.32. The monoisotopic (exact) mass is 239 g/mol. The Hall–Kier alpha value is -1.91. The molecule has 5 heteroatoms. The van der Waals surface area contributed by atoms with Crippen molar-refractivity contribution in [2.24, 2.45) is 0 Å². The molecule has 0 atom stereocenters. The van der Waals surface area contributed by atoms with Crippen molar-refractivity contribution in [1.29, 1.82) is 0 Å². The van der Waals surface area contributed by atoms with Crippen molar-refractivity contribution < 1.29 is 19.7 Å². The van der Waals surface area contributed by atoms with E-state index < -0.39 is 5.54 Å². The maximum absolute atomic E-state index is 11.6. The first-order valence-corrected chi connectivity index (χ1v) is 5.34. The van der Waals surface area contributed by atoms with Gasteiger partial charge in [-0.2, -0.15) is 0 Å². The molecule has 0 amide bonds. The maximum Gasteiger partial charge on any atom is 0.331 e. The van der Waals surface area contributed by atoms with Crippen LogP contribution in [0.15, 0.2) is 18.2 Å². The van der Waals surface area contributed by atoms with Gasteiger partial charge >= 0.3 is 5.97 Å². The Kier molecular flexibility index (Phi) is 3.83. The Morgan fingerprint density at radius 1 is 1.35 bits per heavy atom. The quantitative estimate of drug-likeness (QED) is 0.424. The number of phenols is 2. The molecule has 0 fully saturated rings. The first-order valence-electron chi connectivity index (χ1n) is 5.34. The molecule has 17 heavy (non-hydrogen) atoms. The summed E-state index contributed by atoms with van der Waals surface area (Å²) < 4.78 is 4.92. The van der Waals surface area contributed by atoms with Gasteiger partial charge in [-0.3, -0.25) is 0 Å². The van der Waals surface area contributed by atoms with Gasteiger partial charge in [0.25, 0.3) is 0 Å². The number of ether oxygens (including phenoxy) is 1. The zero-order valence-electron chi connectivity index (χ0n) is 10.2. The van der Waals surface area contributed by atoms with Gasteiger partial charge < -0.3 is 20.3 Å². The molecular weight excluding hydrogens is 222 g/mol. The van der Waals surface area contributed by atoms with Crippen LogP contribution in [0.5, 0.6) is 11.5 Å². The molecule has 5 nitrogen and oxygen atoms in total. The maximum atomic E-state index is 11.6. The van der Waals surface area contributed by atoms with Crippen molar-refractivity contribution in [3.8, 4) is 11.5 Å². The molecule has 1 aromatic rings. The molecule has 3 N–H and O–H groups in total. The topological polar surface area (TPSA) is 78.8 Å². The molecule has 0 saturated heterocycles. The molecule has 0 aliphatic heterocycles.